The standard InChI is InChI=1S/C22H25BrN2O4S/c1-15-8-11-25(12-9-15)30(27,28)18-5-2-16(3-6-18)22(26)24-20-10-13-29-21-7-4-17(23)14-19(20)21/h2-7,14-15,20H,8-13H2,1H3,(H,24,26). The van der Waals surface area contributed by atoms with Crippen LogP contribution in [0.1, 0.15) is 48.1 Å². The lowest BCUT2D eigenvalue weighted by atomic mass is 10.00. The summed E-state index contributed by atoms with van der Waals surface area (Å²) < 4.78 is 33.9. The fourth-order valence-corrected chi connectivity index (χ4v) is 5.76. The first kappa shape index (κ1) is 21.3. The second-order valence-corrected chi connectivity index (χ2v) is 10.8. The molecule has 1 saturated heterocycles. The van der Waals surface area contributed by atoms with Crippen molar-refractivity contribution in [3.05, 3.63) is 58.1 Å². The normalized spacial score (nSPS) is 20.3. The minimum Gasteiger partial charge on any atom is -0.493 e. The number of ether oxygens (including phenoxy) is 1. The van der Waals surface area contributed by atoms with E-state index in [0.29, 0.717) is 37.6 Å². The first-order valence-corrected chi connectivity index (χ1v) is 12.4. The van der Waals surface area contributed by atoms with E-state index in [1.807, 2.05) is 18.2 Å². The smallest absolute Gasteiger partial charge is 0.251 e. The minimum absolute atomic E-state index is 0.155. The Morgan fingerprint density at radius 1 is 1.10 bits per heavy atom. The second kappa shape index (κ2) is 8.69. The molecule has 0 aliphatic carbocycles. The van der Waals surface area contributed by atoms with E-state index in [9.17, 15) is 13.2 Å². The van der Waals surface area contributed by atoms with Crippen LogP contribution in [0.25, 0.3) is 0 Å². The van der Waals surface area contributed by atoms with Crippen molar-refractivity contribution in [2.24, 2.45) is 5.92 Å². The molecule has 30 heavy (non-hydrogen) atoms. The summed E-state index contributed by atoms with van der Waals surface area (Å²) in [6.45, 7) is 3.77. The van der Waals surface area contributed by atoms with Crippen molar-refractivity contribution in [3.63, 3.8) is 0 Å². The van der Waals surface area contributed by atoms with Crippen LogP contribution in [0.4, 0.5) is 0 Å². The molecule has 2 aromatic rings. The number of nitrogens with zero attached hydrogens (tertiary/aromatic N) is 1. The molecule has 1 amide bonds. The maximum absolute atomic E-state index is 12.9. The third-order valence-corrected chi connectivity index (χ3v) is 8.22. The molecular weight excluding hydrogens is 468 g/mol. The summed E-state index contributed by atoms with van der Waals surface area (Å²) in [5.41, 5.74) is 1.37. The fraction of sp³-hybridized carbons (Fsp3) is 0.409. The molecule has 2 aliphatic heterocycles. The number of carbonyl (C=O) groups is 1. The van der Waals surface area contributed by atoms with E-state index < -0.39 is 10.0 Å². The third-order valence-electron chi connectivity index (χ3n) is 5.81. The largest absolute Gasteiger partial charge is 0.493 e. The van der Waals surface area contributed by atoms with Gasteiger partial charge >= 0.3 is 0 Å². The Morgan fingerprint density at radius 3 is 2.50 bits per heavy atom. The van der Waals surface area contributed by atoms with E-state index in [1.54, 1.807) is 16.4 Å². The van der Waals surface area contributed by atoms with Crippen LogP contribution in [-0.2, 0) is 10.0 Å². The number of hydrogen-bond acceptors (Lipinski definition) is 4. The van der Waals surface area contributed by atoms with Gasteiger partial charge in [-0.1, -0.05) is 22.9 Å². The second-order valence-electron chi connectivity index (χ2n) is 7.96. The lowest BCUT2D eigenvalue weighted by molar-refractivity contribution is 0.0924. The van der Waals surface area contributed by atoms with Gasteiger partial charge in [-0.15, -0.1) is 0 Å². The first-order valence-electron chi connectivity index (χ1n) is 10.2. The summed E-state index contributed by atoms with van der Waals surface area (Å²) in [6.07, 6.45) is 2.43. The highest BCUT2D eigenvalue weighted by Crippen LogP contribution is 2.34. The molecule has 1 unspecified atom stereocenters. The average molecular weight is 493 g/mol. The Balaban J connectivity index is 1.47. The highest BCUT2D eigenvalue weighted by molar-refractivity contribution is 9.10. The van der Waals surface area contributed by atoms with Crippen molar-refractivity contribution >= 4 is 31.9 Å². The van der Waals surface area contributed by atoms with Gasteiger partial charge in [0.15, 0.2) is 0 Å². The van der Waals surface area contributed by atoms with E-state index in [2.05, 4.69) is 28.2 Å². The van der Waals surface area contributed by atoms with Crippen molar-refractivity contribution < 1.29 is 17.9 Å². The number of nitrogens with one attached hydrogen (secondary N) is 1. The number of rotatable bonds is 4. The van der Waals surface area contributed by atoms with Crippen LogP contribution in [0.3, 0.4) is 0 Å². The molecule has 4 rings (SSSR count). The van der Waals surface area contributed by atoms with E-state index in [1.165, 1.54) is 12.1 Å². The van der Waals surface area contributed by atoms with Crippen molar-refractivity contribution in [2.75, 3.05) is 19.7 Å². The molecule has 160 valence electrons. The summed E-state index contributed by atoms with van der Waals surface area (Å²) in [5.74, 6) is 1.09. The molecule has 1 N–H and O–H groups in total. The van der Waals surface area contributed by atoms with E-state index in [4.69, 9.17) is 4.74 Å². The van der Waals surface area contributed by atoms with Gasteiger partial charge in [-0.3, -0.25) is 4.79 Å². The van der Waals surface area contributed by atoms with E-state index in [0.717, 1.165) is 28.6 Å². The number of sulfonamides is 1. The molecule has 2 aromatic carbocycles. The van der Waals surface area contributed by atoms with Gasteiger partial charge in [-0.25, -0.2) is 8.42 Å². The van der Waals surface area contributed by atoms with Gasteiger partial charge < -0.3 is 10.1 Å². The minimum atomic E-state index is -3.52. The van der Waals surface area contributed by atoms with Crippen LogP contribution in [-0.4, -0.2) is 38.3 Å². The van der Waals surface area contributed by atoms with Crippen molar-refractivity contribution in [2.45, 2.75) is 37.1 Å². The predicted octanol–water partition coefficient (Wildman–Crippen LogP) is 4.12. The molecular formula is C22H25BrN2O4S. The number of fused-ring (bicyclic) bond motifs is 1. The molecule has 0 spiro atoms. The number of halogens is 1. The van der Waals surface area contributed by atoms with Gasteiger partial charge in [-0.05, 0) is 61.2 Å². The van der Waals surface area contributed by atoms with Crippen LogP contribution in [0.15, 0.2) is 51.8 Å². The predicted molar refractivity (Wildman–Crippen MR) is 118 cm³/mol. The molecule has 0 bridgehead atoms. The Hall–Kier alpha value is -1.90. The van der Waals surface area contributed by atoms with Crippen LogP contribution in [0, 0.1) is 5.92 Å². The molecule has 6 nitrogen and oxygen atoms in total. The summed E-state index contributed by atoms with van der Waals surface area (Å²) in [6, 6.07) is 11.8. The van der Waals surface area contributed by atoms with Gasteiger partial charge in [-0.2, -0.15) is 4.31 Å². The van der Waals surface area contributed by atoms with E-state index >= 15 is 0 Å². The van der Waals surface area contributed by atoms with Crippen molar-refractivity contribution in [3.8, 4) is 5.75 Å². The Morgan fingerprint density at radius 2 is 1.80 bits per heavy atom. The lowest BCUT2D eigenvalue weighted by Crippen LogP contribution is -2.37. The number of carbonyl (C=O) groups excluding carboxylic acids is 1. The summed E-state index contributed by atoms with van der Waals surface area (Å²) >= 11 is 3.46. The van der Waals surface area contributed by atoms with Crippen molar-refractivity contribution in [1.29, 1.82) is 0 Å². The molecule has 2 aliphatic rings. The average Bonchev–Trinajstić information content (AvgIpc) is 2.74. The first-order chi connectivity index (χ1) is 14.3. The van der Waals surface area contributed by atoms with Gasteiger partial charge in [0.1, 0.15) is 5.75 Å². The Labute approximate surface area is 185 Å². The quantitative estimate of drug-likeness (QED) is 0.696. The van der Waals surface area contributed by atoms with Gasteiger partial charge in [0, 0.05) is 35.1 Å². The number of benzene rings is 2. The number of amides is 1. The maximum Gasteiger partial charge on any atom is 0.251 e. The number of piperidine rings is 1. The molecule has 1 fully saturated rings. The van der Waals surface area contributed by atoms with Gasteiger partial charge in [0.2, 0.25) is 10.0 Å². The molecule has 0 radical (unpaired) electrons. The summed E-state index contributed by atoms with van der Waals surface area (Å²) in [5, 5.41) is 3.05. The number of hydrogen-bond donors (Lipinski definition) is 1. The zero-order chi connectivity index (χ0) is 21.3. The van der Waals surface area contributed by atoms with Gasteiger partial charge in [0.05, 0.1) is 17.5 Å². The third kappa shape index (κ3) is 4.40. The van der Waals surface area contributed by atoms with Crippen LogP contribution in [0.5, 0.6) is 5.75 Å². The Kier molecular flexibility index (Phi) is 6.18. The fourth-order valence-electron chi connectivity index (χ4n) is 3.91. The highest BCUT2D eigenvalue weighted by atomic mass is 79.9. The zero-order valence-corrected chi connectivity index (χ0v) is 19.2. The summed E-state index contributed by atoms with van der Waals surface area (Å²) in [4.78, 5) is 13.0. The highest BCUT2D eigenvalue weighted by Gasteiger charge is 2.28. The van der Waals surface area contributed by atoms with Crippen LogP contribution >= 0.6 is 15.9 Å². The molecule has 1 atom stereocenters. The van der Waals surface area contributed by atoms with Crippen LogP contribution < -0.4 is 10.1 Å². The summed E-state index contributed by atoms with van der Waals surface area (Å²) in [7, 11) is -3.52. The zero-order valence-electron chi connectivity index (χ0n) is 16.8. The monoisotopic (exact) mass is 492 g/mol. The van der Waals surface area contributed by atoms with E-state index in [-0.39, 0.29) is 16.8 Å². The van der Waals surface area contributed by atoms with Crippen molar-refractivity contribution in [1.82, 2.24) is 9.62 Å². The maximum atomic E-state index is 12.9. The molecule has 8 heteroatoms. The molecule has 0 aromatic heterocycles. The topological polar surface area (TPSA) is 75.7 Å². The Bertz CT molecular complexity index is 1030. The molecule has 0 saturated carbocycles. The molecule has 2 heterocycles. The lowest BCUT2D eigenvalue weighted by Gasteiger charge is -2.29. The SMILES string of the molecule is CC1CCN(S(=O)(=O)c2ccc(C(=O)NC3CCOc4ccc(Br)cc43)cc2)CC1. The van der Waals surface area contributed by atoms with Crippen LogP contribution in [0.2, 0.25) is 0 Å². The van der Waals surface area contributed by atoms with Gasteiger partial charge in [0.25, 0.3) is 5.91 Å².